The molecule has 0 spiro atoms. The van der Waals surface area contributed by atoms with E-state index >= 15 is 0 Å². The van der Waals surface area contributed by atoms with Crippen LogP contribution in [0.1, 0.15) is 42.5 Å². The molecule has 0 atom stereocenters. The number of nitrogens with one attached hydrogen (secondary N) is 1. The summed E-state index contributed by atoms with van der Waals surface area (Å²) in [6, 6.07) is 5.77. The Labute approximate surface area is 143 Å². The van der Waals surface area contributed by atoms with Gasteiger partial charge in [0, 0.05) is 12.1 Å². The molecule has 1 aliphatic rings. The lowest BCUT2D eigenvalue weighted by atomic mass is 9.83. The number of carbonyl (C=O) groups excluding carboxylic acids is 1. The number of esters is 1. The summed E-state index contributed by atoms with van der Waals surface area (Å²) >= 11 is 0. The Bertz CT molecular complexity index is 643. The van der Waals surface area contributed by atoms with E-state index in [4.69, 9.17) is 5.73 Å². The van der Waals surface area contributed by atoms with E-state index in [-0.39, 0.29) is 29.4 Å². The average Bonchev–Trinajstić information content (AvgIpc) is 2.53. The Hall–Kier alpha value is -1.15. The monoisotopic (exact) mass is 362 g/mol. The first-order valence-electron chi connectivity index (χ1n) is 7.33. The predicted molar refractivity (Wildman–Crippen MR) is 90.2 cm³/mol. The van der Waals surface area contributed by atoms with Crippen molar-refractivity contribution >= 4 is 28.4 Å². The lowest BCUT2D eigenvalue weighted by molar-refractivity contribution is 0.0600. The van der Waals surface area contributed by atoms with E-state index in [0.717, 1.165) is 32.1 Å². The third-order valence-electron chi connectivity index (χ3n) is 4.03. The molecule has 23 heavy (non-hydrogen) atoms. The Morgan fingerprint density at radius 1 is 1.30 bits per heavy atom. The number of halogens is 1. The molecule has 0 amide bonds. The zero-order valence-electron chi connectivity index (χ0n) is 13.1. The summed E-state index contributed by atoms with van der Waals surface area (Å²) in [5.74, 6) is -0.570. The normalized spacial score (nSPS) is 17.1. The molecule has 130 valence electrons. The third-order valence-corrected chi connectivity index (χ3v) is 5.43. The van der Waals surface area contributed by atoms with Crippen molar-refractivity contribution in [2.75, 3.05) is 13.7 Å². The summed E-state index contributed by atoms with van der Waals surface area (Å²) in [6.07, 6.45) is 4.83. The van der Waals surface area contributed by atoms with E-state index in [2.05, 4.69) is 9.46 Å². The van der Waals surface area contributed by atoms with Gasteiger partial charge in [-0.25, -0.2) is 17.9 Å². The molecule has 3 N–H and O–H groups in total. The molecule has 1 aliphatic carbocycles. The van der Waals surface area contributed by atoms with Gasteiger partial charge in [0.25, 0.3) is 0 Å². The maximum Gasteiger partial charge on any atom is 0.337 e. The fourth-order valence-electron chi connectivity index (χ4n) is 2.66. The zero-order valence-corrected chi connectivity index (χ0v) is 14.7. The second-order valence-corrected chi connectivity index (χ2v) is 7.53. The highest BCUT2D eigenvalue weighted by molar-refractivity contribution is 7.89. The summed E-state index contributed by atoms with van der Waals surface area (Å²) < 4.78 is 31.9. The molecule has 1 aromatic carbocycles. The number of rotatable bonds is 5. The van der Waals surface area contributed by atoms with Gasteiger partial charge in [-0.3, -0.25) is 0 Å². The van der Waals surface area contributed by atoms with Gasteiger partial charge in [0.2, 0.25) is 10.0 Å². The standard InChI is InChI=1S/C15H22N2O4S.ClH/c1-21-14(18)12-6-5-7-13(10-12)22(19,20)17-11-15(16)8-3-2-4-9-15;/h5-7,10,17H,2-4,8-9,11,16H2,1H3;1H. The van der Waals surface area contributed by atoms with Gasteiger partial charge >= 0.3 is 5.97 Å². The number of hydrogen-bond donors (Lipinski definition) is 2. The van der Waals surface area contributed by atoms with Crippen LogP contribution in [0.25, 0.3) is 0 Å². The fourth-order valence-corrected chi connectivity index (χ4v) is 3.85. The van der Waals surface area contributed by atoms with Gasteiger partial charge in [0.15, 0.2) is 0 Å². The summed E-state index contributed by atoms with van der Waals surface area (Å²) in [7, 11) is -2.45. The van der Waals surface area contributed by atoms with Gasteiger partial charge in [0.1, 0.15) is 0 Å². The molecule has 1 fully saturated rings. The number of sulfonamides is 1. The summed E-state index contributed by atoms with van der Waals surface area (Å²) in [5, 5.41) is 0. The molecule has 0 aromatic heterocycles. The highest BCUT2D eigenvalue weighted by Gasteiger charge is 2.29. The Morgan fingerprint density at radius 3 is 2.57 bits per heavy atom. The van der Waals surface area contributed by atoms with Gasteiger partial charge in [-0.15, -0.1) is 12.4 Å². The van der Waals surface area contributed by atoms with Crippen LogP contribution in [0.2, 0.25) is 0 Å². The number of nitrogens with two attached hydrogens (primary N) is 1. The number of hydrogen-bond acceptors (Lipinski definition) is 5. The van der Waals surface area contributed by atoms with Crippen molar-refractivity contribution in [2.24, 2.45) is 5.73 Å². The van der Waals surface area contributed by atoms with E-state index < -0.39 is 21.5 Å². The minimum absolute atomic E-state index is 0. The molecule has 0 unspecified atom stereocenters. The molecular weight excluding hydrogens is 340 g/mol. The van der Waals surface area contributed by atoms with E-state index in [1.165, 1.54) is 31.4 Å². The largest absolute Gasteiger partial charge is 0.465 e. The third kappa shape index (κ3) is 5.17. The lowest BCUT2D eigenvalue weighted by Crippen LogP contribution is -2.51. The van der Waals surface area contributed by atoms with E-state index in [0.29, 0.717) is 0 Å². The van der Waals surface area contributed by atoms with E-state index in [1.807, 2.05) is 0 Å². The van der Waals surface area contributed by atoms with Crippen LogP contribution in [0.4, 0.5) is 0 Å². The van der Waals surface area contributed by atoms with Crippen molar-refractivity contribution in [3.05, 3.63) is 29.8 Å². The van der Waals surface area contributed by atoms with Crippen molar-refractivity contribution in [3.63, 3.8) is 0 Å². The zero-order chi connectivity index (χ0) is 16.2. The molecular formula is C15H23ClN2O4S. The molecule has 0 bridgehead atoms. The van der Waals surface area contributed by atoms with Crippen molar-refractivity contribution in [1.29, 1.82) is 0 Å². The highest BCUT2D eigenvalue weighted by Crippen LogP contribution is 2.25. The van der Waals surface area contributed by atoms with Gasteiger partial charge in [-0.1, -0.05) is 25.3 Å². The summed E-state index contributed by atoms with van der Waals surface area (Å²) in [4.78, 5) is 11.5. The number of ether oxygens (including phenoxy) is 1. The maximum absolute atomic E-state index is 12.4. The first-order valence-corrected chi connectivity index (χ1v) is 8.82. The van der Waals surface area contributed by atoms with Crippen LogP contribution in [0.15, 0.2) is 29.2 Å². The predicted octanol–water partition coefficient (Wildman–Crippen LogP) is 1.83. The highest BCUT2D eigenvalue weighted by atomic mass is 35.5. The number of benzene rings is 1. The SMILES string of the molecule is COC(=O)c1cccc(S(=O)(=O)NCC2(N)CCCCC2)c1.Cl. The van der Waals surface area contributed by atoms with Crippen molar-refractivity contribution in [2.45, 2.75) is 42.5 Å². The molecule has 1 saturated carbocycles. The first-order chi connectivity index (χ1) is 10.4. The van der Waals surface area contributed by atoms with Crippen LogP contribution in [-0.2, 0) is 14.8 Å². The molecule has 0 saturated heterocycles. The second kappa shape index (κ2) is 8.10. The molecule has 2 rings (SSSR count). The van der Waals surface area contributed by atoms with Gasteiger partial charge in [0.05, 0.1) is 17.6 Å². The van der Waals surface area contributed by atoms with Gasteiger partial charge < -0.3 is 10.5 Å². The van der Waals surface area contributed by atoms with Crippen LogP contribution >= 0.6 is 12.4 Å². The molecule has 0 heterocycles. The molecule has 0 aliphatic heterocycles. The Balaban J connectivity index is 0.00000264. The van der Waals surface area contributed by atoms with Crippen LogP contribution in [-0.4, -0.2) is 33.6 Å². The summed E-state index contributed by atoms with van der Waals surface area (Å²) in [6.45, 7) is 0.206. The smallest absolute Gasteiger partial charge is 0.337 e. The maximum atomic E-state index is 12.4. The average molecular weight is 363 g/mol. The van der Waals surface area contributed by atoms with Crippen LogP contribution in [0, 0.1) is 0 Å². The van der Waals surface area contributed by atoms with Crippen LogP contribution in [0.3, 0.4) is 0 Å². The molecule has 6 nitrogen and oxygen atoms in total. The topological polar surface area (TPSA) is 98.5 Å². The van der Waals surface area contributed by atoms with Crippen LogP contribution in [0.5, 0.6) is 0 Å². The van der Waals surface area contributed by atoms with Crippen molar-refractivity contribution < 1.29 is 17.9 Å². The lowest BCUT2D eigenvalue weighted by Gasteiger charge is -2.33. The summed E-state index contributed by atoms with van der Waals surface area (Å²) in [5.41, 5.74) is 5.96. The first kappa shape index (κ1) is 19.9. The van der Waals surface area contributed by atoms with E-state index in [1.54, 1.807) is 0 Å². The van der Waals surface area contributed by atoms with Crippen LogP contribution < -0.4 is 10.5 Å². The van der Waals surface area contributed by atoms with E-state index in [9.17, 15) is 13.2 Å². The minimum atomic E-state index is -3.70. The van der Waals surface area contributed by atoms with Gasteiger partial charge in [-0.2, -0.15) is 0 Å². The number of carbonyl (C=O) groups is 1. The van der Waals surface area contributed by atoms with Gasteiger partial charge in [-0.05, 0) is 31.0 Å². The van der Waals surface area contributed by atoms with Crippen molar-refractivity contribution in [3.8, 4) is 0 Å². The Kier molecular flexibility index (Phi) is 7.01. The second-order valence-electron chi connectivity index (χ2n) is 5.77. The molecule has 0 radical (unpaired) electrons. The fraction of sp³-hybridized carbons (Fsp3) is 0.533. The quantitative estimate of drug-likeness (QED) is 0.778. The molecule has 8 heteroatoms. The molecule has 1 aromatic rings. The minimum Gasteiger partial charge on any atom is -0.465 e. The van der Waals surface area contributed by atoms with Crippen molar-refractivity contribution in [1.82, 2.24) is 4.72 Å². The Morgan fingerprint density at radius 2 is 1.96 bits per heavy atom. The number of methoxy groups -OCH3 is 1.